The van der Waals surface area contributed by atoms with E-state index in [4.69, 9.17) is 0 Å². The Morgan fingerprint density at radius 3 is 1.19 bits per heavy atom. The molecule has 0 radical (unpaired) electrons. The third-order valence-corrected chi connectivity index (χ3v) is 5.54. The number of quaternary nitrogens is 2. The summed E-state index contributed by atoms with van der Waals surface area (Å²) in [6, 6.07) is 0. The summed E-state index contributed by atoms with van der Waals surface area (Å²) in [5.41, 5.74) is -5.45. The van der Waals surface area contributed by atoms with E-state index in [9.17, 15) is 39.0 Å². The minimum absolute atomic E-state index is 0.0655. The summed E-state index contributed by atoms with van der Waals surface area (Å²) in [6.45, 7) is -0.578. The summed E-state index contributed by atoms with van der Waals surface area (Å²) in [6.07, 6.45) is 0. The van der Waals surface area contributed by atoms with Gasteiger partial charge < -0.3 is 20.8 Å². The molecular weight excluding hydrogens is 492 g/mol. The maximum absolute atomic E-state index is 15.2. The first kappa shape index (κ1) is 27.1. The van der Waals surface area contributed by atoms with Crippen molar-refractivity contribution in [2.45, 2.75) is 0 Å². The monoisotopic (exact) mass is 518 g/mol. The molecule has 0 fully saturated rings. The van der Waals surface area contributed by atoms with Gasteiger partial charge in [-0.05, 0) is 0 Å². The maximum Gasteiger partial charge on any atom is 0.205 e. The van der Waals surface area contributed by atoms with Gasteiger partial charge in [0.25, 0.3) is 0 Å². The topological polar surface area (TPSA) is 139 Å². The summed E-state index contributed by atoms with van der Waals surface area (Å²) in [7, 11) is 5.52. The van der Waals surface area contributed by atoms with Gasteiger partial charge in [0.05, 0.1) is 74.9 Å². The lowest BCUT2D eigenvalue weighted by atomic mass is 9.80. The molecule has 0 heterocycles. The number of aromatic hydroxyl groups is 2. The number of phenolic OH excluding ortho intramolecular Hbond substituents is 2. The highest BCUT2D eigenvalue weighted by Gasteiger charge is 2.43. The first-order valence-electron chi connectivity index (χ1n) is 10.6. The second-order valence-electron chi connectivity index (χ2n) is 9.40. The number of anilines is 2. The van der Waals surface area contributed by atoms with Crippen LogP contribution in [0.15, 0.2) is 0 Å². The molecule has 0 aliphatic heterocycles. The van der Waals surface area contributed by atoms with Crippen molar-refractivity contribution in [2.24, 2.45) is 0 Å². The molecule has 1 aliphatic rings. The van der Waals surface area contributed by atoms with E-state index >= 15 is 8.78 Å². The maximum atomic E-state index is 15.2. The fraction of sp³-hybridized carbons (Fsp3) is 0.364. The molecule has 1 aliphatic carbocycles. The van der Waals surface area contributed by atoms with E-state index in [-0.39, 0.29) is 26.2 Å². The lowest BCUT2D eigenvalue weighted by molar-refractivity contribution is -1.07. The van der Waals surface area contributed by atoms with Crippen molar-refractivity contribution in [3.63, 3.8) is 0 Å². The lowest BCUT2D eigenvalue weighted by Gasteiger charge is -2.27. The van der Waals surface area contributed by atoms with Crippen LogP contribution in [0.5, 0.6) is 11.5 Å². The first-order valence-corrected chi connectivity index (χ1v) is 10.6. The molecule has 0 saturated carbocycles. The second kappa shape index (κ2) is 9.20. The number of nitrogens with zero attached hydrogens (tertiary/aromatic N) is 2. The number of nitrogens with one attached hydrogen (secondary N) is 2. The summed E-state index contributed by atoms with van der Waals surface area (Å²) >= 11 is 0. The molecule has 3 rings (SSSR count). The predicted octanol–water partition coefficient (Wildman–Crippen LogP) is 2.18. The minimum atomic E-state index is -2.01. The standard InChI is InChI=1S/C22H24F4N4O6/c1-29(2,35)7-5-27-17-9-10(18(14(24)13(17)23)28-6-8-30(3,4)36)20(32)12-11(19(9)31)21(33)15(25)16(26)22(12)34/h35-36H,5-8H2,1-4H3,(H2-2,27,28,31,32,33,34)/p+2. The SMILES string of the molecule is C[N+](C)(O)CCNc1c(F)c(F)c(NCC[N+](C)(C)O)c2c1C(=O)c1c(O)c(F)c(F)c(O)c1C2=O. The van der Waals surface area contributed by atoms with Crippen LogP contribution in [0.3, 0.4) is 0 Å². The highest BCUT2D eigenvalue weighted by molar-refractivity contribution is 6.33. The molecule has 14 heteroatoms. The fourth-order valence-electron chi connectivity index (χ4n) is 3.74. The van der Waals surface area contributed by atoms with E-state index in [1.54, 1.807) is 0 Å². The summed E-state index contributed by atoms with van der Waals surface area (Å²) in [5, 5.41) is 44.8. The Morgan fingerprint density at radius 2 is 0.917 bits per heavy atom. The molecule has 6 N–H and O–H groups in total. The van der Waals surface area contributed by atoms with Gasteiger partial charge in [-0.2, -0.15) is 18.1 Å². The van der Waals surface area contributed by atoms with Crippen molar-refractivity contribution in [1.29, 1.82) is 0 Å². The van der Waals surface area contributed by atoms with Gasteiger partial charge >= 0.3 is 0 Å². The van der Waals surface area contributed by atoms with Gasteiger partial charge in [-0.25, -0.2) is 19.2 Å². The van der Waals surface area contributed by atoms with Crippen molar-refractivity contribution in [1.82, 2.24) is 0 Å². The van der Waals surface area contributed by atoms with Crippen LogP contribution in [0.4, 0.5) is 28.9 Å². The molecule has 2 aromatic carbocycles. The van der Waals surface area contributed by atoms with E-state index in [0.29, 0.717) is 0 Å². The summed E-state index contributed by atoms with van der Waals surface area (Å²) in [5.74, 6) is -13.1. The molecule has 2 aromatic rings. The number of hydrogen-bond acceptors (Lipinski definition) is 8. The van der Waals surface area contributed by atoms with Crippen LogP contribution in [0.2, 0.25) is 0 Å². The van der Waals surface area contributed by atoms with Gasteiger partial charge in [0.2, 0.25) is 23.2 Å². The van der Waals surface area contributed by atoms with Crippen LogP contribution in [0.25, 0.3) is 0 Å². The number of ketones is 2. The molecule has 0 saturated heterocycles. The third kappa shape index (κ3) is 4.80. The number of halogens is 4. The average Bonchev–Trinajstić information content (AvgIpc) is 2.75. The van der Waals surface area contributed by atoms with E-state index in [1.807, 2.05) is 0 Å². The van der Waals surface area contributed by atoms with Gasteiger partial charge in [0.1, 0.15) is 13.1 Å². The number of benzene rings is 2. The van der Waals surface area contributed by atoms with Crippen molar-refractivity contribution in [2.75, 3.05) is 65.0 Å². The highest BCUT2D eigenvalue weighted by atomic mass is 19.2. The molecule has 0 amide bonds. The quantitative estimate of drug-likeness (QED) is 0.116. The van der Waals surface area contributed by atoms with Crippen LogP contribution in [-0.2, 0) is 0 Å². The first-order chi connectivity index (χ1) is 16.5. The van der Waals surface area contributed by atoms with Gasteiger partial charge in [0.15, 0.2) is 23.1 Å². The zero-order valence-electron chi connectivity index (χ0n) is 19.8. The van der Waals surface area contributed by atoms with Crippen molar-refractivity contribution >= 4 is 22.9 Å². The number of phenols is 2. The number of hydrogen-bond donors (Lipinski definition) is 6. The molecule has 196 valence electrons. The molecule has 0 spiro atoms. The van der Waals surface area contributed by atoms with E-state index in [2.05, 4.69) is 10.6 Å². The smallest absolute Gasteiger partial charge is 0.205 e. The van der Waals surface area contributed by atoms with Crippen molar-refractivity contribution in [3.05, 3.63) is 45.5 Å². The Balaban J connectivity index is 2.28. The Labute approximate surface area is 202 Å². The molecule has 10 nitrogen and oxygen atoms in total. The van der Waals surface area contributed by atoms with Gasteiger partial charge in [-0.3, -0.25) is 9.59 Å². The van der Waals surface area contributed by atoms with Crippen LogP contribution < -0.4 is 10.6 Å². The van der Waals surface area contributed by atoms with Crippen molar-refractivity contribution in [3.8, 4) is 11.5 Å². The van der Waals surface area contributed by atoms with Crippen LogP contribution in [0, 0.1) is 23.3 Å². The van der Waals surface area contributed by atoms with Crippen LogP contribution >= 0.6 is 0 Å². The lowest BCUT2D eigenvalue weighted by Crippen LogP contribution is -2.40. The predicted molar refractivity (Wildman–Crippen MR) is 117 cm³/mol. The number of carbonyl (C=O) groups excluding carboxylic acids is 2. The molecule has 0 aromatic heterocycles. The Bertz CT molecular complexity index is 1180. The zero-order valence-corrected chi connectivity index (χ0v) is 19.8. The number of fused-ring (bicyclic) bond motifs is 2. The van der Waals surface area contributed by atoms with Gasteiger partial charge in [0, 0.05) is 0 Å². The molecular formula is C22H26F4N4O6+2. The highest BCUT2D eigenvalue weighted by Crippen LogP contribution is 2.46. The summed E-state index contributed by atoms with van der Waals surface area (Å²) in [4.78, 5) is 26.7. The molecule has 0 unspecified atom stereocenters. The van der Waals surface area contributed by atoms with Gasteiger partial charge in [-0.15, -0.1) is 0 Å². The van der Waals surface area contributed by atoms with Crippen LogP contribution in [0.1, 0.15) is 31.8 Å². The third-order valence-electron chi connectivity index (χ3n) is 5.54. The number of carbonyl (C=O) groups is 2. The Hall–Kier alpha value is -3.46. The molecule has 0 bridgehead atoms. The minimum Gasteiger partial charge on any atom is -0.504 e. The zero-order chi connectivity index (χ0) is 27.3. The van der Waals surface area contributed by atoms with E-state index < -0.39 is 89.3 Å². The van der Waals surface area contributed by atoms with E-state index in [0.717, 1.165) is 0 Å². The van der Waals surface area contributed by atoms with E-state index in [1.165, 1.54) is 28.2 Å². The Kier molecular flexibility index (Phi) is 6.94. The van der Waals surface area contributed by atoms with Crippen LogP contribution in [-0.4, -0.2) is 95.9 Å². The Morgan fingerprint density at radius 1 is 0.611 bits per heavy atom. The molecule has 36 heavy (non-hydrogen) atoms. The van der Waals surface area contributed by atoms with Crippen molar-refractivity contribution < 1.29 is 57.1 Å². The largest absolute Gasteiger partial charge is 0.504 e. The average molecular weight is 518 g/mol. The summed E-state index contributed by atoms with van der Waals surface area (Å²) < 4.78 is 57.5. The second-order valence-corrected chi connectivity index (χ2v) is 9.40. The number of rotatable bonds is 8. The number of hydroxylamine groups is 6. The fourth-order valence-corrected chi connectivity index (χ4v) is 3.74. The van der Waals surface area contributed by atoms with Gasteiger partial charge in [-0.1, -0.05) is 0 Å². The normalized spacial score (nSPS) is 13.5. The molecule has 0 atom stereocenters. The number of likely N-dealkylation sites (N-methyl/N-ethyl adjacent to an activating group) is 2.